The lowest BCUT2D eigenvalue weighted by Gasteiger charge is -2.53. The van der Waals surface area contributed by atoms with E-state index in [2.05, 4.69) is 16.7 Å². The Kier molecular flexibility index (Phi) is 13.6. The Morgan fingerprint density at radius 3 is 2.73 bits per heavy atom. The largest absolute Gasteiger partial charge is 0.481 e. The van der Waals surface area contributed by atoms with Crippen molar-refractivity contribution in [1.29, 1.82) is 0 Å². The fourth-order valence-electron chi connectivity index (χ4n) is 10.1. The molecule has 1 fully saturated rings. The summed E-state index contributed by atoms with van der Waals surface area (Å²) < 4.78 is 19.9. The van der Waals surface area contributed by atoms with Gasteiger partial charge in [0, 0.05) is 85.1 Å². The molecule has 2 aromatic carbocycles. The monoisotopic (exact) mass is 896 g/mol. The SMILES string of the molecule is C/C=C(\C)C(=O)O[C@]1(C)CC=C2CSSC[C@@H]3[C@H](CNC)CN3C(=O)CC3=C(C=C(N)NC3)[C@H]2[C@]12Cc1cc3cc(C[C@H](CO)CC[C@H](O)Cc4ccccc4)c(=O)oc3cc1O2. The Hall–Kier alpha value is -4.47. The van der Waals surface area contributed by atoms with Crippen molar-refractivity contribution in [3.05, 3.63) is 122 Å². The fraction of sp³-hybridized carbons (Fsp3) is 0.490. The number of hydrogen-bond acceptors (Lipinski definition) is 13. The van der Waals surface area contributed by atoms with Crippen LogP contribution in [0.25, 0.3) is 11.0 Å². The number of rotatable bonds is 12. The number of fused-ring (bicyclic) bond motifs is 6. The van der Waals surface area contributed by atoms with E-state index < -0.39 is 34.8 Å². The highest BCUT2D eigenvalue weighted by Crippen LogP contribution is 2.57. The second-order valence-corrected chi connectivity index (χ2v) is 20.6. The van der Waals surface area contributed by atoms with Crippen molar-refractivity contribution in [1.82, 2.24) is 15.5 Å². The van der Waals surface area contributed by atoms with E-state index in [0.717, 1.165) is 40.1 Å². The van der Waals surface area contributed by atoms with Gasteiger partial charge in [-0.25, -0.2) is 9.59 Å². The molecule has 7 atom stereocenters. The minimum atomic E-state index is -1.19. The summed E-state index contributed by atoms with van der Waals surface area (Å²) >= 11 is 0. The number of ether oxygens (including phenoxy) is 2. The molecule has 1 saturated heterocycles. The molecule has 1 spiro atoms. The molecule has 14 heteroatoms. The van der Waals surface area contributed by atoms with E-state index in [9.17, 15) is 24.6 Å². The predicted molar refractivity (Wildman–Crippen MR) is 249 cm³/mol. The smallest absolute Gasteiger partial charge is 0.339 e. The second kappa shape index (κ2) is 18.9. The molecular weight excluding hydrogens is 837 g/mol. The van der Waals surface area contributed by atoms with Crippen LogP contribution < -0.4 is 26.7 Å². The van der Waals surface area contributed by atoms with Gasteiger partial charge in [-0.2, -0.15) is 0 Å². The van der Waals surface area contributed by atoms with Crippen LogP contribution in [0.2, 0.25) is 0 Å². The third-order valence-corrected chi connectivity index (χ3v) is 16.2. The number of carbonyl (C=O) groups is 2. The number of aliphatic hydroxyl groups is 2. The second-order valence-electron chi connectivity index (χ2n) is 18.1. The molecule has 6 N–H and O–H groups in total. The predicted octanol–water partition coefficient (Wildman–Crippen LogP) is 5.75. The van der Waals surface area contributed by atoms with Gasteiger partial charge in [-0.05, 0) is 99.9 Å². The van der Waals surface area contributed by atoms with Crippen LogP contribution in [0.3, 0.4) is 0 Å². The Labute approximate surface area is 377 Å². The number of hydrogen-bond donors (Lipinski definition) is 5. The first-order chi connectivity index (χ1) is 30.3. The molecule has 0 unspecified atom stereocenters. The molecule has 3 aromatic rings. The first-order valence-corrected chi connectivity index (χ1v) is 24.6. The summed E-state index contributed by atoms with van der Waals surface area (Å²) in [6, 6.07) is 15.6. The van der Waals surface area contributed by atoms with Gasteiger partial charge in [-0.15, -0.1) is 0 Å². The number of nitrogens with zero attached hydrogens (tertiary/aromatic N) is 1. The van der Waals surface area contributed by atoms with E-state index >= 15 is 0 Å². The van der Waals surface area contributed by atoms with E-state index in [1.165, 1.54) is 0 Å². The number of esters is 1. The van der Waals surface area contributed by atoms with Gasteiger partial charge in [0.05, 0.1) is 24.3 Å². The Balaban J connectivity index is 1.16. The summed E-state index contributed by atoms with van der Waals surface area (Å²) in [5.41, 5.74) is 9.84. The quantitative estimate of drug-likeness (QED) is 0.0489. The number of carbonyl (C=O) groups excluding carboxylic acids is 2. The van der Waals surface area contributed by atoms with E-state index in [4.69, 9.17) is 19.6 Å². The summed E-state index contributed by atoms with van der Waals surface area (Å²) in [5.74, 6) is 1.83. The maximum atomic E-state index is 14.2. The molecule has 1 amide bonds. The fourth-order valence-corrected chi connectivity index (χ4v) is 12.7. The van der Waals surface area contributed by atoms with Crippen LogP contribution in [-0.4, -0.2) is 95.1 Å². The van der Waals surface area contributed by atoms with Crippen LogP contribution in [0, 0.1) is 17.8 Å². The molecule has 336 valence electrons. The van der Waals surface area contributed by atoms with E-state index in [-0.39, 0.29) is 30.9 Å². The van der Waals surface area contributed by atoms with Gasteiger partial charge in [-0.1, -0.05) is 69.6 Å². The normalized spacial score (nSPS) is 27.0. The molecule has 1 aliphatic carbocycles. The minimum Gasteiger partial charge on any atom is -0.481 e. The average Bonchev–Trinajstić information content (AvgIpc) is 3.63. The van der Waals surface area contributed by atoms with Crippen LogP contribution in [0.15, 0.2) is 104 Å². The summed E-state index contributed by atoms with van der Waals surface area (Å²) in [6.07, 6.45) is 8.08. The maximum absolute atomic E-state index is 14.2. The third kappa shape index (κ3) is 9.11. The standard InChI is InChI=1S/C49H60N4O8S2/c1-5-29(2)46(57)61-48(3)14-13-32-27-62-63-28-40-37(23-51-4)25-53(40)44(56)19-36-24-52-43(50)20-39(36)45(32)49(48)22-35-18-33-17-34(47(58)59-41(33)21-42(35)60-49)15-31(26-54)11-12-38(55)16-30-9-7-6-8-10-30/h5-10,13,17-18,20-21,31,37-38,40,45,51-52,54-55H,11-12,14-16,19,22-28,50H2,1-4H3/b29-5+/t31-,37-,38+,40-,45+,48-,49-/m1/s1. The van der Waals surface area contributed by atoms with Crippen molar-refractivity contribution < 1.29 is 33.7 Å². The number of dihydropyridines is 1. The molecule has 8 rings (SSSR count). The van der Waals surface area contributed by atoms with Crippen molar-refractivity contribution in [3.63, 3.8) is 0 Å². The molecule has 4 aliphatic heterocycles. The van der Waals surface area contributed by atoms with Crippen LogP contribution in [0.1, 0.15) is 63.1 Å². The Morgan fingerprint density at radius 2 is 1.97 bits per heavy atom. The van der Waals surface area contributed by atoms with Crippen molar-refractivity contribution in [2.45, 2.75) is 89.1 Å². The van der Waals surface area contributed by atoms with Crippen molar-refractivity contribution >= 4 is 44.4 Å². The number of nitrogens with one attached hydrogen (secondary N) is 2. The Bertz CT molecular complexity index is 2410. The van der Waals surface area contributed by atoms with Gasteiger partial charge < -0.3 is 45.4 Å². The molecule has 0 bridgehead atoms. The van der Waals surface area contributed by atoms with Gasteiger partial charge in [0.15, 0.2) is 11.2 Å². The minimum absolute atomic E-state index is 0.0782. The van der Waals surface area contributed by atoms with Gasteiger partial charge >= 0.3 is 11.6 Å². The summed E-state index contributed by atoms with van der Waals surface area (Å²) in [7, 11) is 5.50. The van der Waals surface area contributed by atoms with Gasteiger partial charge in [0.25, 0.3) is 0 Å². The molecule has 0 radical (unpaired) electrons. The lowest BCUT2D eigenvalue weighted by atomic mass is 9.61. The highest BCUT2D eigenvalue weighted by Gasteiger charge is 2.64. The number of benzene rings is 2. The van der Waals surface area contributed by atoms with E-state index in [1.54, 1.807) is 40.7 Å². The van der Waals surface area contributed by atoms with Gasteiger partial charge in [0.1, 0.15) is 11.3 Å². The van der Waals surface area contributed by atoms with Crippen LogP contribution >= 0.6 is 21.6 Å². The molecule has 5 heterocycles. The van der Waals surface area contributed by atoms with Crippen molar-refractivity contribution in [2.24, 2.45) is 23.5 Å². The summed E-state index contributed by atoms with van der Waals surface area (Å²) in [5, 5.41) is 28.4. The summed E-state index contributed by atoms with van der Waals surface area (Å²) in [6.45, 7) is 7.32. The van der Waals surface area contributed by atoms with Gasteiger partial charge in [0.2, 0.25) is 5.91 Å². The van der Waals surface area contributed by atoms with Crippen LogP contribution in [0.4, 0.5) is 0 Å². The summed E-state index contributed by atoms with van der Waals surface area (Å²) in [4.78, 5) is 43.7. The molecule has 12 nitrogen and oxygen atoms in total. The lowest BCUT2D eigenvalue weighted by Crippen LogP contribution is -2.65. The number of allylic oxidation sites excluding steroid dienone is 2. The van der Waals surface area contributed by atoms with Gasteiger partial charge in [-0.3, -0.25) is 4.79 Å². The van der Waals surface area contributed by atoms with E-state index in [1.807, 2.05) is 74.3 Å². The van der Waals surface area contributed by atoms with Crippen molar-refractivity contribution in [3.8, 4) is 5.75 Å². The number of nitrogens with two attached hydrogens (primary N) is 1. The zero-order valence-electron chi connectivity index (χ0n) is 36.6. The molecule has 1 aromatic heterocycles. The molecule has 5 aliphatic rings. The molecule has 63 heavy (non-hydrogen) atoms. The topological polar surface area (TPSA) is 177 Å². The third-order valence-electron chi connectivity index (χ3n) is 13.9. The maximum Gasteiger partial charge on any atom is 0.339 e. The zero-order chi connectivity index (χ0) is 44.5. The zero-order valence-corrected chi connectivity index (χ0v) is 38.2. The number of amides is 1. The lowest BCUT2D eigenvalue weighted by molar-refractivity contribution is -0.186. The molecule has 0 saturated carbocycles. The van der Waals surface area contributed by atoms with E-state index in [0.29, 0.717) is 97.0 Å². The number of aliphatic hydroxyl groups excluding tert-OH is 2. The van der Waals surface area contributed by atoms with Crippen molar-refractivity contribution in [2.75, 3.05) is 44.8 Å². The first kappa shape index (κ1) is 45.1. The highest BCUT2D eigenvalue weighted by molar-refractivity contribution is 8.76. The molecular formula is C49H60N4O8S2. The highest BCUT2D eigenvalue weighted by atomic mass is 33.1. The average molecular weight is 897 g/mol. The van der Waals surface area contributed by atoms with Crippen LogP contribution in [0.5, 0.6) is 5.75 Å². The Morgan fingerprint density at radius 1 is 1.16 bits per heavy atom. The van der Waals surface area contributed by atoms with Crippen LogP contribution in [-0.2, 0) is 33.6 Å². The first-order valence-electron chi connectivity index (χ1n) is 22.1.